The average molecular weight is 437 g/mol. The first-order valence-electron chi connectivity index (χ1n) is 10.2. The Morgan fingerprint density at radius 3 is 2.75 bits per heavy atom. The number of anilines is 1. The maximum absolute atomic E-state index is 12.2. The molecule has 2 aromatic heterocycles. The van der Waals surface area contributed by atoms with Crippen molar-refractivity contribution >= 4 is 23.5 Å². The smallest absolute Gasteiger partial charge is 0.339 e. The van der Waals surface area contributed by atoms with Crippen molar-refractivity contribution in [2.45, 2.75) is 39.2 Å². The first kappa shape index (κ1) is 21.3. The number of aromatic amines is 1. The number of ether oxygens (including phenoxy) is 1. The fourth-order valence-electron chi connectivity index (χ4n) is 3.43. The van der Waals surface area contributed by atoms with E-state index >= 15 is 0 Å². The standard InChI is InChI=1S/C22H23N5O5/c1-11-18(21(29)31-3)16(25-19(11)12(2)28)10-17-26-20(27-32-17)13-5-4-6-15(9-13)24-22(30)23-14-7-8-14/h4-6,9,14,25H,7-8,10H2,1-3H3,(H2,23,24,30). The van der Waals surface area contributed by atoms with Crippen LogP contribution in [-0.4, -0.2) is 46.1 Å². The van der Waals surface area contributed by atoms with Crippen LogP contribution in [0.15, 0.2) is 28.8 Å². The first-order chi connectivity index (χ1) is 15.4. The minimum atomic E-state index is -0.552. The molecule has 0 spiro atoms. The number of hydrogen-bond donors (Lipinski definition) is 3. The Kier molecular flexibility index (Phi) is 5.76. The fraction of sp³-hybridized carbons (Fsp3) is 0.318. The Bertz CT molecular complexity index is 1190. The number of esters is 1. The van der Waals surface area contributed by atoms with Crippen molar-refractivity contribution in [3.63, 3.8) is 0 Å². The van der Waals surface area contributed by atoms with Gasteiger partial charge in [-0.25, -0.2) is 9.59 Å². The van der Waals surface area contributed by atoms with E-state index in [0.29, 0.717) is 34.0 Å². The molecule has 0 saturated heterocycles. The maximum atomic E-state index is 12.2. The van der Waals surface area contributed by atoms with Crippen LogP contribution in [0.2, 0.25) is 0 Å². The number of H-pyrrole nitrogens is 1. The third kappa shape index (κ3) is 4.53. The summed E-state index contributed by atoms with van der Waals surface area (Å²) in [5, 5.41) is 9.66. The molecule has 10 heteroatoms. The van der Waals surface area contributed by atoms with Crippen LogP contribution in [0, 0.1) is 6.92 Å². The number of urea groups is 1. The van der Waals surface area contributed by atoms with Crippen LogP contribution < -0.4 is 10.6 Å². The molecular formula is C22H23N5O5. The predicted molar refractivity (Wildman–Crippen MR) is 115 cm³/mol. The third-order valence-corrected chi connectivity index (χ3v) is 5.16. The van der Waals surface area contributed by atoms with E-state index in [2.05, 4.69) is 25.8 Å². The van der Waals surface area contributed by atoms with Crippen molar-refractivity contribution < 1.29 is 23.6 Å². The molecule has 166 valence electrons. The second-order valence-corrected chi connectivity index (χ2v) is 7.67. The summed E-state index contributed by atoms with van der Waals surface area (Å²) in [6, 6.07) is 7.09. The number of Topliss-reactive ketones (excluding diaryl/α,β-unsaturated/α-hetero) is 1. The van der Waals surface area contributed by atoms with Gasteiger partial charge in [0.05, 0.1) is 24.8 Å². The molecule has 2 heterocycles. The quantitative estimate of drug-likeness (QED) is 0.381. The van der Waals surface area contributed by atoms with Gasteiger partial charge in [-0.3, -0.25) is 4.79 Å². The number of carbonyl (C=O) groups excluding carboxylic acids is 3. The zero-order valence-electron chi connectivity index (χ0n) is 17.9. The lowest BCUT2D eigenvalue weighted by molar-refractivity contribution is 0.0599. The summed E-state index contributed by atoms with van der Waals surface area (Å²) < 4.78 is 10.2. The highest BCUT2D eigenvalue weighted by atomic mass is 16.5. The molecule has 3 N–H and O–H groups in total. The summed E-state index contributed by atoms with van der Waals surface area (Å²) in [5.74, 6) is -0.156. The number of benzene rings is 1. The van der Waals surface area contributed by atoms with Gasteiger partial charge in [-0.15, -0.1) is 0 Å². The highest BCUT2D eigenvalue weighted by Crippen LogP contribution is 2.25. The molecule has 0 aliphatic heterocycles. The van der Waals surface area contributed by atoms with Gasteiger partial charge in [-0.1, -0.05) is 17.3 Å². The Morgan fingerprint density at radius 1 is 1.28 bits per heavy atom. The van der Waals surface area contributed by atoms with Crippen LogP contribution >= 0.6 is 0 Å². The van der Waals surface area contributed by atoms with Gasteiger partial charge in [-0.05, 0) is 37.5 Å². The van der Waals surface area contributed by atoms with Gasteiger partial charge in [0.25, 0.3) is 0 Å². The summed E-state index contributed by atoms with van der Waals surface area (Å²) in [5.41, 5.74) is 2.86. The highest BCUT2D eigenvalue weighted by Gasteiger charge is 2.25. The van der Waals surface area contributed by atoms with Gasteiger partial charge < -0.3 is 24.9 Å². The van der Waals surface area contributed by atoms with Crippen LogP contribution in [0.1, 0.15) is 57.8 Å². The van der Waals surface area contributed by atoms with Crippen LogP contribution in [0.5, 0.6) is 0 Å². The summed E-state index contributed by atoms with van der Waals surface area (Å²) in [7, 11) is 1.28. The van der Waals surface area contributed by atoms with Crippen molar-refractivity contribution in [3.05, 3.63) is 52.7 Å². The molecular weight excluding hydrogens is 414 g/mol. The number of rotatable bonds is 7. The maximum Gasteiger partial charge on any atom is 0.339 e. The number of methoxy groups -OCH3 is 1. The van der Waals surface area contributed by atoms with E-state index in [0.717, 1.165) is 12.8 Å². The summed E-state index contributed by atoms with van der Waals surface area (Å²) in [4.78, 5) is 43.5. The Labute approximate surface area is 183 Å². The number of hydrogen-bond acceptors (Lipinski definition) is 7. The summed E-state index contributed by atoms with van der Waals surface area (Å²) in [6.07, 6.45) is 2.13. The topological polar surface area (TPSA) is 139 Å². The molecule has 0 atom stereocenters. The van der Waals surface area contributed by atoms with Crippen molar-refractivity contribution in [1.29, 1.82) is 0 Å². The Balaban J connectivity index is 1.54. The van der Waals surface area contributed by atoms with Crippen LogP contribution in [0.25, 0.3) is 11.4 Å². The number of amides is 2. The minimum Gasteiger partial charge on any atom is -0.465 e. The van der Waals surface area contributed by atoms with Crippen LogP contribution in [0.3, 0.4) is 0 Å². The van der Waals surface area contributed by atoms with Crippen molar-refractivity contribution in [2.24, 2.45) is 0 Å². The molecule has 1 aliphatic rings. The zero-order chi connectivity index (χ0) is 22.8. The van der Waals surface area contributed by atoms with Crippen LogP contribution in [0.4, 0.5) is 10.5 Å². The number of ketones is 1. The zero-order valence-corrected chi connectivity index (χ0v) is 17.9. The molecule has 3 aromatic rings. The van der Waals surface area contributed by atoms with Gasteiger partial charge in [0, 0.05) is 29.9 Å². The Hall–Kier alpha value is -3.95. The summed E-state index contributed by atoms with van der Waals surface area (Å²) >= 11 is 0. The van der Waals surface area contributed by atoms with Crippen LogP contribution in [-0.2, 0) is 11.2 Å². The molecule has 0 unspecified atom stereocenters. The number of nitrogens with one attached hydrogen (secondary N) is 3. The molecule has 1 fully saturated rings. The lowest BCUT2D eigenvalue weighted by Gasteiger charge is -2.07. The number of aromatic nitrogens is 3. The summed E-state index contributed by atoms with van der Waals surface area (Å²) in [6.45, 7) is 3.10. The lowest BCUT2D eigenvalue weighted by Crippen LogP contribution is -2.30. The normalized spacial score (nSPS) is 13.0. The largest absolute Gasteiger partial charge is 0.465 e. The number of carbonyl (C=O) groups is 3. The van der Waals surface area contributed by atoms with E-state index in [1.165, 1.54) is 14.0 Å². The third-order valence-electron chi connectivity index (χ3n) is 5.16. The van der Waals surface area contributed by atoms with Gasteiger partial charge in [0.15, 0.2) is 5.78 Å². The molecule has 1 saturated carbocycles. The highest BCUT2D eigenvalue weighted by molar-refractivity contribution is 6.00. The van der Waals surface area contributed by atoms with Gasteiger partial charge in [0.1, 0.15) is 0 Å². The Morgan fingerprint density at radius 2 is 2.06 bits per heavy atom. The van der Waals surface area contributed by atoms with Gasteiger partial charge >= 0.3 is 12.0 Å². The van der Waals surface area contributed by atoms with Gasteiger partial charge in [-0.2, -0.15) is 4.98 Å². The molecule has 0 radical (unpaired) electrons. The molecule has 4 rings (SSSR count). The first-order valence-corrected chi connectivity index (χ1v) is 10.2. The fourth-order valence-corrected chi connectivity index (χ4v) is 3.43. The van der Waals surface area contributed by atoms with E-state index in [9.17, 15) is 14.4 Å². The van der Waals surface area contributed by atoms with E-state index in [1.54, 1.807) is 31.2 Å². The molecule has 10 nitrogen and oxygen atoms in total. The van der Waals surface area contributed by atoms with Crippen molar-refractivity contribution in [1.82, 2.24) is 20.4 Å². The lowest BCUT2D eigenvalue weighted by atomic mass is 10.1. The van der Waals surface area contributed by atoms with Crippen molar-refractivity contribution in [2.75, 3.05) is 12.4 Å². The molecule has 1 aromatic carbocycles. The minimum absolute atomic E-state index is 0.118. The average Bonchev–Trinajstić information content (AvgIpc) is 3.33. The van der Waals surface area contributed by atoms with E-state index in [-0.39, 0.29) is 35.7 Å². The molecule has 0 bridgehead atoms. The molecule has 2 amide bonds. The SMILES string of the molecule is COC(=O)c1c(Cc2nc(-c3cccc(NC(=O)NC4CC4)c3)no2)[nH]c(C(C)=O)c1C. The molecule has 32 heavy (non-hydrogen) atoms. The van der Waals surface area contributed by atoms with Crippen molar-refractivity contribution in [3.8, 4) is 11.4 Å². The monoisotopic (exact) mass is 437 g/mol. The van der Waals surface area contributed by atoms with E-state index in [1.807, 2.05) is 0 Å². The molecule has 1 aliphatic carbocycles. The second-order valence-electron chi connectivity index (χ2n) is 7.67. The van der Waals surface area contributed by atoms with E-state index in [4.69, 9.17) is 9.26 Å². The second kappa shape index (κ2) is 8.66. The predicted octanol–water partition coefficient (Wildman–Crippen LogP) is 3.24. The number of nitrogens with zero attached hydrogens (tertiary/aromatic N) is 2. The van der Waals surface area contributed by atoms with E-state index < -0.39 is 5.97 Å². The van der Waals surface area contributed by atoms with Gasteiger partial charge in [0.2, 0.25) is 11.7 Å².